The van der Waals surface area contributed by atoms with E-state index in [1.165, 1.54) is 17.5 Å². The van der Waals surface area contributed by atoms with E-state index in [0.717, 1.165) is 17.5 Å². The Bertz CT molecular complexity index is 387. The molecule has 1 fully saturated rings. The van der Waals surface area contributed by atoms with Crippen molar-refractivity contribution < 1.29 is 1.43 Å². The summed E-state index contributed by atoms with van der Waals surface area (Å²) in [5.74, 6) is 1.51. The normalized spacial score (nSPS) is 28.1. The first-order valence-corrected chi connectivity index (χ1v) is 4.76. The van der Waals surface area contributed by atoms with E-state index in [9.17, 15) is 0 Å². The molecule has 1 aromatic heterocycles. The minimum absolute atomic E-state index is 0. The second-order valence-electron chi connectivity index (χ2n) is 3.84. The van der Waals surface area contributed by atoms with Crippen molar-refractivity contribution in [1.82, 2.24) is 4.98 Å². The van der Waals surface area contributed by atoms with Crippen LogP contribution in [0.3, 0.4) is 0 Å². The molecule has 2 N–H and O–H groups in total. The zero-order chi connectivity index (χ0) is 8.84. The number of fused-ring (bicyclic) bond motifs is 3. The number of nitrogens with zero attached hydrogens (tertiary/aromatic N) is 1. The largest absolute Gasteiger partial charge is 0.326 e. The van der Waals surface area contributed by atoms with Gasteiger partial charge in [-0.3, -0.25) is 4.98 Å². The molecule has 0 aromatic carbocycles. The molecule has 0 spiro atoms. The maximum Gasteiger partial charge on any atom is 0.0664 e. The number of aromatic nitrogens is 1. The van der Waals surface area contributed by atoms with Crippen LogP contribution >= 0.6 is 0 Å². The third kappa shape index (κ3) is 0.954. The van der Waals surface area contributed by atoms with Gasteiger partial charge in [-0.1, -0.05) is 6.08 Å². The Kier molecular flexibility index (Phi) is 1.35. The van der Waals surface area contributed by atoms with Crippen LogP contribution in [0.25, 0.3) is 6.08 Å². The monoisotopic (exact) mass is 174 g/mol. The van der Waals surface area contributed by atoms with E-state index in [1.54, 1.807) is 0 Å². The van der Waals surface area contributed by atoms with Crippen LogP contribution in [-0.4, -0.2) is 4.98 Å². The van der Waals surface area contributed by atoms with Gasteiger partial charge in [0.25, 0.3) is 0 Å². The molecule has 2 nitrogen and oxygen atoms in total. The Balaban J connectivity index is 0.000000750. The molecule has 0 amide bonds. The van der Waals surface area contributed by atoms with Crippen molar-refractivity contribution >= 4 is 6.08 Å². The molecule has 0 aliphatic heterocycles. The smallest absolute Gasteiger partial charge is 0.0664 e. The molecule has 68 valence electrons. The Labute approximate surface area is 79.0 Å². The number of nitrogens with two attached hydrogens (primary N) is 1. The highest BCUT2D eigenvalue weighted by Gasteiger charge is 2.41. The predicted molar refractivity (Wildman–Crippen MR) is 54.1 cm³/mol. The standard InChI is InChI=1S/C11H12N2.H2/c12-6-8-3-4-13-10-2-1-7-5-9(7)11(8)10;/h1-4,7,9H,5-6,12H2;1H. The summed E-state index contributed by atoms with van der Waals surface area (Å²) < 4.78 is 0. The Hall–Kier alpha value is -1.15. The summed E-state index contributed by atoms with van der Waals surface area (Å²) in [6.07, 6.45) is 7.57. The molecule has 2 aliphatic rings. The van der Waals surface area contributed by atoms with Gasteiger partial charge in [-0.2, -0.15) is 0 Å². The molecule has 2 aliphatic carbocycles. The summed E-state index contributed by atoms with van der Waals surface area (Å²) in [7, 11) is 0. The van der Waals surface area contributed by atoms with Crippen LogP contribution in [0.1, 0.15) is 30.6 Å². The van der Waals surface area contributed by atoms with Crippen molar-refractivity contribution in [3.8, 4) is 0 Å². The van der Waals surface area contributed by atoms with Crippen LogP contribution in [0.5, 0.6) is 0 Å². The van der Waals surface area contributed by atoms with Crippen LogP contribution in [-0.2, 0) is 6.54 Å². The van der Waals surface area contributed by atoms with E-state index in [4.69, 9.17) is 5.73 Å². The topological polar surface area (TPSA) is 38.9 Å². The second-order valence-corrected chi connectivity index (χ2v) is 3.84. The number of hydrogen-bond donors (Lipinski definition) is 1. The third-order valence-corrected chi connectivity index (χ3v) is 3.04. The van der Waals surface area contributed by atoms with Gasteiger partial charge in [0.15, 0.2) is 0 Å². The maximum absolute atomic E-state index is 5.70. The highest BCUT2D eigenvalue weighted by Crippen LogP contribution is 2.53. The molecule has 2 atom stereocenters. The Morgan fingerprint density at radius 1 is 1.62 bits per heavy atom. The van der Waals surface area contributed by atoms with Gasteiger partial charge < -0.3 is 5.73 Å². The second kappa shape index (κ2) is 2.42. The molecule has 3 rings (SSSR count). The van der Waals surface area contributed by atoms with Crippen molar-refractivity contribution in [2.24, 2.45) is 11.7 Å². The molecule has 0 saturated heterocycles. The fourth-order valence-corrected chi connectivity index (χ4v) is 2.24. The van der Waals surface area contributed by atoms with Crippen LogP contribution in [0.4, 0.5) is 0 Å². The van der Waals surface area contributed by atoms with Gasteiger partial charge in [-0.15, -0.1) is 0 Å². The van der Waals surface area contributed by atoms with Crippen LogP contribution in [0.15, 0.2) is 18.3 Å². The van der Waals surface area contributed by atoms with Gasteiger partial charge in [0.05, 0.1) is 5.69 Å². The zero-order valence-electron chi connectivity index (χ0n) is 7.40. The van der Waals surface area contributed by atoms with Gasteiger partial charge >= 0.3 is 0 Å². The lowest BCUT2D eigenvalue weighted by Gasteiger charge is -2.12. The van der Waals surface area contributed by atoms with E-state index in [0.29, 0.717) is 6.54 Å². The summed E-state index contributed by atoms with van der Waals surface area (Å²) in [5.41, 5.74) is 9.54. The average molecular weight is 174 g/mol. The van der Waals surface area contributed by atoms with Gasteiger partial charge in [-0.05, 0) is 41.5 Å². The number of rotatable bonds is 1. The van der Waals surface area contributed by atoms with Crippen molar-refractivity contribution in [2.45, 2.75) is 18.9 Å². The fourth-order valence-electron chi connectivity index (χ4n) is 2.24. The summed E-state index contributed by atoms with van der Waals surface area (Å²) in [4.78, 5) is 4.36. The van der Waals surface area contributed by atoms with Crippen LogP contribution in [0, 0.1) is 5.92 Å². The Morgan fingerprint density at radius 3 is 3.38 bits per heavy atom. The molecule has 0 radical (unpaired) electrons. The van der Waals surface area contributed by atoms with Crippen molar-refractivity contribution in [2.75, 3.05) is 0 Å². The summed E-state index contributed by atoms with van der Waals surface area (Å²) in [6, 6.07) is 2.05. The summed E-state index contributed by atoms with van der Waals surface area (Å²) in [6.45, 7) is 0.641. The zero-order valence-corrected chi connectivity index (χ0v) is 7.40. The minimum Gasteiger partial charge on any atom is -0.326 e. The Morgan fingerprint density at radius 2 is 2.54 bits per heavy atom. The molecule has 1 heterocycles. The van der Waals surface area contributed by atoms with Gasteiger partial charge in [0.1, 0.15) is 0 Å². The lowest BCUT2D eigenvalue weighted by molar-refractivity contribution is 0.921. The molecule has 0 bridgehead atoms. The highest BCUT2D eigenvalue weighted by atomic mass is 14.7. The molecule has 2 heteroatoms. The van der Waals surface area contributed by atoms with E-state index in [-0.39, 0.29) is 1.43 Å². The maximum atomic E-state index is 5.70. The first-order valence-electron chi connectivity index (χ1n) is 4.76. The molecule has 1 saturated carbocycles. The average Bonchev–Trinajstić information content (AvgIpc) is 2.95. The fraction of sp³-hybridized carbons (Fsp3) is 0.364. The lowest BCUT2D eigenvalue weighted by Crippen LogP contribution is -2.05. The predicted octanol–water partition coefficient (Wildman–Crippen LogP) is 1.92. The summed E-state index contributed by atoms with van der Waals surface area (Å²) in [5, 5.41) is 0. The third-order valence-electron chi connectivity index (χ3n) is 3.04. The number of hydrogen-bond acceptors (Lipinski definition) is 2. The van der Waals surface area contributed by atoms with Gasteiger partial charge in [0, 0.05) is 14.2 Å². The molecule has 13 heavy (non-hydrogen) atoms. The van der Waals surface area contributed by atoms with Crippen LogP contribution < -0.4 is 5.73 Å². The molecular weight excluding hydrogens is 160 g/mol. The quantitative estimate of drug-likeness (QED) is 0.706. The van der Waals surface area contributed by atoms with E-state index in [2.05, 4.69) is 17.1 Å². The van der Waals surface area contributed by atoms with Crippen molar-refractivity contribution in [3.63, 3.8) is 0 Å². The summed E-state index contributed by atoms with van der Waals surface area (Å²) >= 11 is 0. The first kappa shape index (κ1) is 7.27. The van der Waals surface area contributed by atoms with Gasteiger partial charge in [-0.25, -0.2) is 0 Å². The minimum atomic E-state index is 0. The molecule has 1 aromatic rings. The van der Waals surface area contributed by atoms with E-state index >= 15 is 0 Å². The molecule has 2 unspecified atom stereocenters. The lowest BCUT2D eigenvalue weighted by atomic mass is 9.97. The van der Waals surface area contributed by atoms with Crippen molar-refractivity contribution in [1.29, 1.82) is 0 Å². The highest BCUT2D eigenvalue weighted by molar-refractivity contribution is 5.59. The van der Waals surface area contributed by atoms with Crippen molar-refractivity contribution in [3.05, 3.63) is 35.2 Å². The van der Waals surface area contributed by atoms with E-state index in [1.807, 2.05) is 12.3 Å². The number of allylic oxidation sites excluding steroid dienone is 1. The van der Waals surface area contributed by atoms with Crippen LogP contribution in [0.2, 0.25) is 0 Å². The first-order chi connectivity index (χ1) is 6.40. The SMILES string of the molecule is NCc1ccnc2c1C1CC1C=C2.[HH]. The van der Waals surface area contributed by atoms with E-state index < -0.39 is 0 Å². The van der Waals surface area contributed by atoms with Gasteiger partial charge in [0.2, 0.25) is 0 Å². The molecular formula is C11H14N2. The number of pyridine rings is 1.